The third-order valence-corrected chi connectivity index (χ3v) is 7.15. The highest BCUT2D eigenvalue weighted by molar-refractivity contribution is 6.00. The Balaban J connectivity index is 1.77. The summed E-state index contributed by atoms with van der Waals surface area (Å²) in [6.45, 7) is 14.2. The van der Waals surface area contributed by atoms with Crippen molar-refractivity contribution in [3.8, 4) is 28.5 Å². The van der Waals surface area contributed by atoms with E-state index >= 15 is 0 Å². The molecule has 40 heavy (non-hydrogen) atoms. The second-order valence-corrected chi connectivity index (χ2v) is 10.7. The number of ether oxygens (including phenoxy) is 3. The molecule has 0 bridgehead atoms. The lowest BCUT2D eigenvalue weighted by Gasteiger charge is -2.27. The van der Waals surface area contributed by atoms with Crippen LogP contribution in [0.1, 0.15) is 92.2 Å². The Bertz CT molecular complexity index is 1320. The Morgan fingerprint density at radius 2 is 1.82 bits per heavy atom. The quantitative estimate of drug-likeness (QED) is 0.217. The van der Waals surface area contributed by atoms with E-state index in [0.717, 1.165) is 41.5 Å². The molecule has 2 heterocycles. The molecule has 1 aliphatic rings. The van der Waals surface area contributed by atoms with E-state index < -0.39 is 6.04 Å². The fourth-order valence-corrected chi connectivity index (χ4v) is 5.29. The molecule has 2 aromatic carbocycles. The molecule has 0 saturated carbocycles. The van der Waals surface area contributed by atoms with Crippen molar-refractivity contribution >= 4 is 5.91 Å². The fourth-order valence-electron chi connectivity index (χ4n) is 5.29. The van der Waals surface area contributed by atoms with Crippen molar-refractivity contribution in [2.24, 2.45) is 0 Å². The van der Waals surface area contributed by atoms with Crippen molar-refractivity contribution in [1.82, 2.24) is 15.1 Å². The molecule has 0 aliphatic carbocycles. The third kappa shape index (κ3) is 6.28. The first-order chi connectivity index (χ1) is 19.3. The molecule has 1 amide bonds. The van der Waals surface area contributed by atoms with Crippen molar-refractivity contribution in [1.29, 1.82) is 0 Å². The molecule has 0 radical (unpaired) electrons. The van der Waals surface area contributed by atoms with Crippen LogP contribution in [0.2, 0.25) is 0 Å². The van der Waals surface area contributed by atoms with Gasteiger partial charge in [0.2, 0.25) is 0 Å². The standard InChI is InChI=1S/C32H43N3O5/c1-7-9-10-15-40-25-13-12-23(19-26(25)38-8-2)30-27-28(24-18-21(5)17-22(6)31(24)36)33-34-29(27)32(37)35(30)14-11-16-39-20(3)4/h12-13,17-20,30,36H,7-11,14-16H2,1-6H3,(H,33,34). The van der Waals surface area contributed by atoms with E-state index in [9.17, 15) is 9.90 Å². The van der Waals surface area contributed by atoms with Gasteiger partial charge in [-0.05, 0) is 82.3 Å². The van der Waals surface area contributed by atoms with Gasteiger partial charge in [-0.1, -0.05) is 31.9 Å². The van der Waals surface area contributed by atoms with E-state index in [0.29, 0.717) is 61.2 Å². The molecule has 0 spiro atoms. The number of benzene rings is 2. The molecule has 8 heteroatoms. The van der Waals surface area contributed by atoms with Crippen LogP contribution in [0.3, 0.4) is 0 Å². The number of hydrogen-bond donors (Lipinski definition) is 2. The molecule has 1 atom stereocenters. The van der Waals surface area contributed by atoms with Gasteiger partial charge < -0.3 is 24.2 Å². The van der Waals surface area contributed by atoms with E-state index in [-0.39, 0.29) is 17.8 Å². The van der Waals surface area contributed by atoms with E-state index in [1.807, 2.05) is 69.9 Å². The van der Waals surface area contributed by atoms with Crippen LogP contribution < -0.4 is 9.47 Å². The zero-order valence-electron chi connectivity index (χ0n) is 24.7. The van der Waals surface area contributed by atoms with Crippen molar-refractivity contribution in [2.75, 3.05) is 26.4 Å². The summed E-state index contributed by atoms with van der Waals surface area (Å²) >= 11 is 0. The van der Waals surface area contributed by atoms with E-state index in [1.54, 1.807) is 0 Å². The normalized spacial score (nSPS) is 14.7. The smallest absolute Gasteiger partial charge is 0.273 e. The Labute approximate surface area is 237 Å². The predicted molar refractivity (Wildman–Crippen MR) is 156 cm³/mol. The molecule has 216 valence electrons. The number of aryl methyl sites for hydroxylation is 2. The molecule has 2 N–H and O–H groups in total. The minimum atomic E-state index is -0.413. The molecular formula is C32H43N3O5. The predicted octanol–water partition coefficient (Wildman–Crippen LogP) is 6.73. The topological polar surface area (TPSA) is 96.9 Å². The monoisotopic (exact) mass is 549 g/mol. The first-order valence-electron chi connectivity index (χ1n) is 14.5. The van der Waals surface area contributed by atoms with Crippen LogP contribution >= 0.6 is 0 Å². The van der Waals surface area contributed by atoms with Crippen molar-refractivity contribution in [3.63, 3.8) is 0 Å². The summed E-state index contributed by atoms with van der Waals surface area (Å²) in [7, 11) is 0. The molecule has 1 aromatic heterocycles. The Kier molecular flexibility index (Phi) is 9.74. The van der Waals surface area contributed by atoms with Gasteiger partial charge in [0.15, 0.2) is 11.5 Å². The van der Waals surface area contributed by atoms with Gasteiger partial charge in [0.1, 0.15) is 17.1 Å². The van der Waals surface area contributed by atoms with Crippen LogP contribution in [0.5, 0.6) is 17.2 Å². The summed E-state index contributed by atoms with van der Waals surface area (Å²) in [5.41, 5.74) is 5.06. The molecule has 1 unspecified atom stereocenters. The third-order valence-electron chi connectivity index (χ3n) is 7.15. The van der Waals surface area contributed by atoms with Crippen LogP contribution in [0.4, 0.5) is 0 Å². The number of rotatable bonds is 14. The molecule has 3 aromatic rings. The number of hydrogen-bond acceptors (Lipinski definition) is 6. The number of nitrogens with zero attached hydrogens (tertiary/aromatic N) is 2. The number of nitrogens with one attached hydrogen (secondary N) is 1. The van der Waals surface area contributed by atoms with Gasteiger partial charge >= 0.3 is 0 Å². The number of carbonyl (C=O) groups is 1. The molecular weight excluding hydrogens is 506 g/mol. The number of phenols is 1. The largest absolute Gasteiger partial charge is 0.507 e. The number of H-pyrrole nitrogens is 1. The van der Waals surface area contributed by atoms with Crippen LogP contribution in [-0.4, -0.2) is 58.6 Å². The molecule has 0 fully saturated rings. The number of unbranched alkanes of at least 4 members (excludes halogenated alkanes) is 2. The van der Waals surface area contributed by atoms with Gasteiger partial charge in [-0.25, -0.2) is 0 Å². The van der Waals surface area contributed by atoms with Crippen LogP contribution in [0.25, 0.3) is 11.3 Å². The van der Waals surface area contributed by atoms with Crippen molar-refractivity contribution < 1.29 is 24.1 Å². The number of fused-ring (bicyclic) bond motifs is 1. The summed E-state index contributed by atoms with van der Waals surface area (Å²) in [5, 5.41) is 18.5. The first-order valence-corrected chi connectivity index (χ1v) is 14.5. The second kappa shape index (κ2) is 13.2. The van der Waals surface area contributed by atoms with Gasteiger partial charge in [-0.2, -0.15) is 5.10 Å². The highest BCUT2D eigenvalue weighted by Crippen LogP contribution is 2.46. The van der Waals surface area contributed by atoms with Gasteiger partial charge in [-0.3, -0.25) is 9.89 Å². The summed E-state index contributed by atoms with van der Waals surface area (Å²) in [5.74, 6) is 1.40. The maximum absolute atomic E-state index is 13.7. The minimum Gasteiger partial charge on any atom is -0.507 e. The molecule has 1 aliphatic heterocycles. The van der Waals surface area contributed by atoms with Crippen molar-refractivity contribution in [3.05, 3.63) is 58.3 Å². The average Bonchev–Trinajstić information content (AvgIpc) is 3.46. The highest BCUT2D eigenvalue weighted by Gasteiger charge is 2.42. The SMILES string of the molecule is CCCCCOc1ccc(C2c3c(-c4cc(C)cc(C)c4O)n[nH]c3C(=O)N2CCCOC(C)C)cc1OCC. The molecule has 0 saturated heterocycles. The number of aromatic hydroxyl groups is 1. The number of aromatic amines is 1. The lowest BCUT2D eigenvalue weighted by Crippen LogP contribution is -2.31. The van der Waals surface area contributed by atoms with Crippen LogP contribution in [0.15, 0.2) is 30.3 Å². The first kappa shape index (κ1) is 29.5. The van der Waals surface area contributed by atoms with Gasteiger partial charge in [0.05, 0.1) is 25.4 Å². The summed E-state index contributed by atoms with van der Waals surface area (Å²) < 4.78 is 17.8. The second-order valence-electron chi connectivity index (χ2n) is 10.7. The van der Waals surface area contributed by atoms with E-state index in [1.165, 1.54) is 0 Å². The molecule has 8 nitrogen and oxygen atoms in total. The van der Waals surface area contributed by atoms with Gasteiger partial charge in [0, 0.05) is 24.3 Å². The number of amides is 1. The fraction of sp³-hybridized carbons (Fsp3) is 0.500. The van der Waals surface area contributed by atoms with Crippen molar-refractivity contribution in [2.45, 2.75) is 79.4 Å². The number of aromatic nitrogens is 2. The minimum absolute atomic E-state index is 0.120. The van der Waals surface area contributed by atoms with E-state index in [4.69, 9.17) is 14.2 Å². The van der Waals surface area contributed by atoms with Gasteiger partial charge in [-0.15, -0.1) is 0 Å². The highest BCUT2D eigenvalue weighted by atomic mass is 16.5. The Hall–Kier alpha value is -3.52. The maximum Gasteiger partial charge on any atom is 0.273 e. The van der Waals surface area contributed by atoms with Gasteiger partial charge in [0.25, 0.3) is 5.91 Å². The average molecular weight is 550 g/mol. The summed E-state index contributed by atoms with van der Waals surface area (Å²) in [6.07, 6.45) is 4.03. The lowest BCUT2D eigenvalue weighted by atomic mass is 9.94. The number of phenolic OH excluding ortho intramolecular Hbond substituents is 1. The molecule has 4 rings (SSSR count). The Morgan fingerprint density at radius 3 is 2.55 bits per heavy atom. The Morgan fingerprint density at radius 1 is 1.02 bits per heavy atom. The number of carbonyl (C=O) groups excluding carboxylic acids is 1. The lowest BCUT2D eigenvalue weighted by molar-refractivity contribution is 0.0601. The summed E-state index contributed by atoms with van der Waals surface area (Å²) in [4.78, 5) is 15.6. The van der Waals surface area contributed by atoms with Crippen LogP contribution in [-0.2, 0) is 4.74 Å². The van der Waals surface area contributed by atoms with E-state index in [2.05, 4.69) is 17.1 Å². The van der Waals surface area contributed by atoms with Crippen LogP contribution in [0, 0.1) is 13.8 Å². The zero-order valence-corrected chi connectivity index (χ0v) is 24.7. The zero-order chi connectivity index (χ0) is 28.8. The maximum atomic E-state index is 13.7. The summed E-state index contributed by atoms with van der Waals surface area (Å²) in [6, 6.07) is 9.34.